The highest BCUT2D eigenvalue weighted by molar-refractivity contribution is 6.39. The Kier molecular flexibility index (Phi) is 7.31. The predicted octanol–water partition coefficient (Wildman–Crippen LogP) is 4.89. The highest BCUT2D eigenvalue weighted by atomic mass is 35.5. The van der Waals surface area contributed by atoms with E-state index >= 15 is 0 Å². The summed E-state index contributed by atoms with van der Waals surface area (Å²) < 4.78 is 21.5. The van der Waals surface area contributed by atoms with Gasteiger partial charge in [-0.3, -0.25) is 9.36 Å². The first kappa shape index (κ1) is 26.4. The van der Waals surface area contributed by atoms with Crippen LogP contribution in [0.5, 0.6) is 0 Å². The number of carbonyl (C=O) groups excluding carboxylic acids is 1. The predicted molar refractivity (Wildman–Crippen MR) is 142 cm³/mol. The fraction of sp³-hybridized carbons (Fsp3) is 0.480. The van der Waals surface area contributed by atoms with Gasteiger partial charge in [-0.25, -0.2) is 14.4 Å². The van der Waals surface area contributed by atoms with Crippen LogP contribution < -0.4 is 16.4 Å². The number of anilines is 3. The molecule has 4 N–H and O–H groups in total. The Hall–Kier alpha value is -3.20. The highest BCUT2D eigenvalue weighted by Gasteiger charge is 2.38. The Morgan fingerprint density at radius 3 is 2.61 bits per heavy atom. The molecule has 0 spiro atoms. The summed E-state index contributed by atoms with van der Waals surface area (Å²) >= 11 is 12.9. The maximum atomic E-state index is 14.4. The molecule has 1 amide bonds. The van der Waals surface area contributed by atoms with Gasteiger partial charge in [-0.1, -0.05) is 30.1 Å². The molecule has 200 valence electrons. The number of imidazole rings is 1. The van der Waals surface area contributed by atoms with Crippen molar-refractivity contribution in [3.8, 4) is 6.07 Å². The molecule has 1 aliphatic heterocycles. The maximum Gasteiger partial charge on any atom is 0.225 e. The van der Waals surface area contributed by atoms with Crippen LogP contribution in [-0.4, -0.2) is 50.9 Å². The molecule has 5 rings (SSSR count). The number of nitrogens with one attached hydrogen (secondary N) is 2. The first-order valence-electron chi connectivity index (χ1n) is 12.4. The van der Waals surface area contributed by atoms with Gasteiger partial charge in [0.05, 0.1) is 46.2 Å². The largest absolute Gasteiger partial charge is 0.378 e. The molecule has 2 aromatic heterocycles. The second-order valence-electron chi connectivity index (χ2n) is 10.0. The lowest BCUT2D eigenvalue weighted by Crippen LogP contribution is -2.39. The molecular weight excluding hydrogens is 534 g/mol. The lowest BCUT2D eigenvalue weighted by atomic mass is 9.73. The van der Waals surface area contributed by atoms with E-state index in [9.17, 15) is 14.4 Å². The summed E-state index contributed by atoms with van der Waals surface area (Å²) in [5, 5.41) is 16.1. The van der Waals surface area contributed by atoms with Crippen molar-refractivity contribution < 1.29 is 13.9 Å². The Morgan fingerprint density at radius 1 is 1.26 bits per heavy atom. The summed E-state index contributed by atoms with van der Waals surface area (Å²) in [5.41, 5.74) is 6.88. The number of nitriles is 1. The Bertz CT molecular complexity index is 1390. The minimum atomic E-state index is -1.17. The molecule has 2 fully saturated rings. The molecule has 1 saturated heterocycles. The van der Waals surface area contributed by atoms with Crippen LogP contribution >= 0.6 is 23.2 Å². The third kappa shape index (κ3) is 5.08. The zero-order valence-corrected chi connectivity index (χ0v) is 22.2. The SMILES string of the molecule is CC1(C(N)=O)CCC(n2c(Nc3c(Cl)cc(C#N)cc3Cl)nc3cnc(NC4CCOC[C@H]4F)nc32)CC1. The van der Waals surface area contributed by atoms with Crippen molar-refractivity contribution in [3.63, 3.8) is 0 Å². The van der Waals surface area contributed by atoms with Crippen molar-refractivity contribution in [2.45, 2.75) is 57.3 Å². The zero-order chi connectivity index (χ0) is 27.0. The Balaban J connectivity index is 1.54. The normalized spacial score (nSPS) is 25.6. The van der Waals surface area contributed by atoms with Gasteiger partial charge in [0.15, 0.2) is 5.65 Å². The number of alkyl halides is 1. The highest BCUT2D eigenvalue weighted by Crippen LogP contribution is 2.43. The van der Waals surface area contributed by atoms with E-state index < -0.39 is 17.6 Å². The van der Waals surface area contributed by atoms with Crippen molar-refractivity contribution in [2.24, 2.45) is 11.1 Å². The first-order chi connectivity index (χ1) is 18.2. The molecular formula is C25H27Cl2FN8O2. The molecule has 13 heteroatoms. The lowest BCUT2D eigenvalue weighted by Gasteiger charge is -2.35. The van der Waals surface area contributed by atoms with Gasteiger partial charge in [0.25, 0.3) is 0 Å². The van der Waals surface area contributed by atoms with Crippen molar-refractivity contribution in [1.29, 1.82) is 5.26 Å². The van der Waals surface area contributed by atoms with Crippen LogP contribution in [0.1, 0.15) is 50.6 Å². The van der Waals surface area contributed by atoms with Crippen molar-refractivity contribution in [1.82, 2.24) is 19.5 Å². The Morgan fingerprint density at radius 2 is 1.97 bits per heavy atom. The Labute approximate surface area is 228 Å². The summed E-state index contributed by atoms with van der Waals surface area (Å²) in [6.07, 6.45) is 3.44. The second-order valence-corrected chi connectivity index (χ2v) is 10.9. The van der Waals surface area contributed by atoms with E-state index in [-0.39, 0.29) is 34.5 Å². The van der Waals surface area contributed by atoms with Gasteiger partial charge >= 0.3 is 0 Å². The van der Waals surface area contributed by atoms with Crippen LogP contribution in [-0.2, 0) is 9.53 Å². The van der Waals surface area contributed by atoms with E-state index in [1.165, 1.54) is 12.1 Å². The maximum absolute atomic E-state index is 14.4. The van der Waals surface area contributed by atoms with Crippen LogP contribution in [0.3, 0.4) is 0 Å². The number of hydrogen-bond donors (Lipinski definition) is 3. The molecule has 3 heterocycles. The van der Waals surface area contributed by atoms with Crippen molar-refractivity contribution in [3.05, 3.63) is 33.9 Å². The van der Waals surface area contributed by atoms with E-state index in [0.717, 1.165) is 0 Å². The molecule has 3 aromatic rings. The van der Waals surface area contributed by atoms with Gasteiger partial charge in [0.2, 0.25) is 17.8 Å². The van der Waals surface area contributed by atoms with E-state index in [0.29, 0.717) is 67.1 Å². The van der Waals surface area contributed by atoms with Gasteiger partial charge in [0.1, 0.15) is 11.7 Å². The molecule has 1 aromatic carbocycles. The molecule has 1 saturated carbocycles. The van der Waals surface area contributed by atoms with Crippen LogP contribution in [0.15, 0.2) is 18.3 Å². The van der Waals surface area contributed by atoms with Crippen LogP contribution in [0.2, 0.25) is 10.0 Å². The standard InChI is InChI=1S/C25H27Cl2FN8O2/c1-25(22(30)37)5-2-14(3-6-25)36-21-19(11-31-23(35-21)32-18-4-7-38-12-17(18)28)33-24(36)34-20-15(26)8-13(10-29)9-16(20)27/h8-9,11,14,17-18H,2-7,12H2,1H3,(H2,30,37)(H,33,34)(H,31,32,35)/t14?,17-,18?,25?/m1/s1. The average molecular weight is 561 g/mol. The van der Waals surface area contributed by atoms with Gasteiger partial charge in [-0.2, -0.15) is 10.2 Å². The van der Waals surface area contributed by atoms with Gasteiger partial charge < -0.3 is 21.1 Å². The number of nitrogens with zero attached hydrogens (tertiary/aromatic N) is 5. The summed E-state index contributed by atoms with van der Waals surface area (Å²) in [6, 6.07) is 4.54. The number of rotatable bonds is 6. The summed E-state index contributed by atoms with van der Waals surface area (Å²) in [5.74, 6) is 0.404. The molecule has 2 aliphatic rings. The van der Waals surface area contributed by atoms with Crippen LogP contribution in [0, 0.1) is 16.7 Å². The summed E-state index contributed by atoms with van der Waals surface area (Å²) in [6.45, 7) is 2.37. The molecule has 1 aliphatic carbocycles. The number of carbonyl (C=O) groups is 1. The third-order valence-corrected chi connectivity index (χ3v) is 8.06. The monoisotopic (exact) mass is 560 g/mol. The van der Waals surface area contributed by atoms with Crippen molar-refractivity contribution in [2.75, 3.05) is 23.8 Å². The minimum Gasteiger partial charge on any atom is -0.378 e. The average Bonchev–Trinajstić information content (AvgIpc) is 3.25. The number of primary amides is 1. The van der Waals surface area contributed by atoms with Gasteiger partial charge in [-0.05, 0) is 44.2 Å². The number of benzene rings is 1. The van der Waals surface area contributed by atoms with Crippen LogP contribution in [0.4, 0.5) is 22.0 Å². The topological polar surface area (TPSA) is 144 Å². The molecule has 0 bridgehead atoms. The minimum absolute atomic E-state index is 0.0265. The number of aromatic nitrogens is 4. The van der Waals surface area contributed by atoms with Gasteiger partial charge in [0, 0.05) is 18.1 Å². The van der Waals surface area contributed by atoms with Crippen molar-refractivity contribution >= 4 is 57.9 Å². The summed E-state index contributed by atoms with van der Waals surface area (Å²) in [7, 11) is 0. The van der Waals surface area contributed by atoms with E-state index in [4.69, 9.17) is 43.6 Å². The number of nitrogens with two attached hydrogens (primary N) is 1. The van der Waals surface area contributed by atoms with E-state index in [1.54, 1.807) is 6.20 Å². The fourth-order valence-corrected chi connectivity index (χ4v) is 5.62. The van der Waals surface area contributed by atoms with Gasteiger partial charge in [-0.15, -0.1) is 0 Å². The third-order valence-electron chi connectivity index (χ3n) is 7.46. The zero-order valence-electron chi connectivity index (χ0n) is 20.7. The van der Waals surface area contributed by atoms with E-state index in [1.807, 2.05) is 17.6 Å². The van der Waals surface area contributed by atoms with Crippen LogP contribution in [0.25, 0.3) is 11.2 Å². The molecule has 2 atom stereocenters. The quantitative estimate of drug-likeness (QED) is 0.386. The number of hydrogen-bond acceptors (Lipinski definition) is 8. The molecule has 10 nitrogen and oxygen atoms in total. The number of amides is 1. The molecule has 1 unspecified atom stereocenters. The first-order valence-corrected chi connectivity index (χ1v) is 13.1. The number of ether oxygens (including phenoxy) is 1. The molecule has 0 radical (unpaired) electrons. The number of halogens is 3. The lowest BCUT2D eigenvalue weighted by molar-refractivity contribution is -0.128. The second kappa shape index (κ2) is 10.5. The molecule has 38 heavy (non-hydrogen) atoms. The smallest absolute Gasteiger partial charge is 0.225 e. The number of fused-ring (bicyclic) bond motifs is 1. The summed E-state index contributed by atoms with van der Waals surface area (Å²) in [4.78, 5) is 25.8. The fourth-order valence-electron chi connectivity index (χ4n) is 5.04. The van der Waals surface area contributed by atoms with E-state index in [2.05, 4.69) is 15.6 Å².